The Bertz CT molecular complexity index is 607. The zero-order valence-corrected chi connectivity index (χ0v) is 10.4. The summed E-state index contributed by atoms with van der Waals surface area (Å²) in [6.07, 6.45) is 1.69. The summed E-state index contributed by atoms with van der Waals surface area (Å²) in [5.74, 6) is -0.234. The largest absolute Gasteiger partial charge is 0.377 e. The highest BCUT2D eigenvalue weighted by Gasteiger charge is 2.09. The zero-order chi connectivity index (χ0) is 13.1. The molecule has 0 aliphatic rings. The summed E-state index contributed by atoms with van der Waals surface area (Å²) in [6, 6.07) is 9.66. The lowest BCUT2D eigenvalue weighted by Gasteiger charge is -2.16. The van der Waals surface area contributed by atoms with Crippen molar-refractivity contribution >= 4 is 5.69 Å². The van der Waals surface area contributed by atoms with Gasteiger partial charge in [0.25, 0.3) is 0 Å². The van der Waals surface area contributed by atoms with E-state index in [9.17, 15) is 9.18 Å². The van der Waals surface area contributed by atoms with Gasteiger partial charge in [-0.15, -0.1) is 0 Å². The monoisotopic (exact) mass is 246 g/mol. The fourth-order valence-corrected chi connectivity index (χ4v) is 1.83. The summed E-state index contributed by atoms with van der Waals surface area (Å²) in [5, 5.41) is 3.17. The SMILES string of the molecule is CC(Nc1ccc(=O)n(C)c1)c1ccccc1F. The molecule has 0 aliphatic carbocycles. The van der Waals surface area contributed by atoms with Crippen molar-refractivity contribution in [1.29, 1.82) is 0 Å². The number of hydrogen-bond acceptors (Lipinski definition) is 2. The molecule has 0 spiro atoms. The van der Waals surface area contributed by atoms with Gasteiger partial charge in [0, 0.05) is 24.9 Å². The van der Waals surface area contributed by atoms with Gasteiger partial charge in [-0.3, -0.25) is 4.79 Å². The van der Waals surface area contributed by atoms with Gasteiger partial charge < -0.3 is 9.88 Å². The first-order valence-corrected chi connectivity index (χ1v) is 5.75. The van der Waals surface area contributed by atoms with Crippen LogP contribution in [0.25, 0.3) is 0 Å². The molecule has 0 fully saturated rings. The molecular weight excluding hydrogens is 231 g/mol. The van der Waals surface area contributed by atoms with E-state index >= 15 is 0 Å². The molecule has 1 unspecified atom stereocenters. The molecule has 0 radical (unpaired) electrons. The van der Waals surface area contributed by atoms with Crippen LogP contribution in [-0.4, -0.2) is 4.57 Å². The molecule has 0 bridgehead atoms. The van der Waals surface area contributed by atoms with Crippen molar-refractivity contribution in [3.8, 4) is 0 Å². The first-order chi connectivity index (χ1) is 8.58. The summed E-state index contributed by atoms with van der Waals surface area (Å²) in [5.41, 5.74) is 1.32. The van der Waals surface area contributed by atoms with Crippen molar-refractivity contribution in [3.63, 3.8) is 0 Å². The van der Waals surface area contributed by atoms with Gasteiger partial charge in [0.05, 0.1) is 11.7 Å². The van der Waals surface area contributed by atoms with E-state index in [1.165, 1.54) is 16.7 Å². The molecule has 0 saturated heterocycles. The number of rotatable bonds is 3. The van der Waals surface area contributed by atoms with E-state index in [0.29, 0.717) is 5.56 Å². The number of aryl methyl sites for hydroxylation is 1. The zero-order valence-electron chi connectivity index (χ0n) is 10.4. The van der Waals surface area contributed by atoms with E-state index < -0.39 is 0 Å². The van der Waals surface area contributed by atoms with Crippen LogP contribution >= 0.6 is 0 Å². The van der Waals surface area contributed by atoms with Gasteiger partial charge in [0.1, 0.15) is 5.82 Å². The lowest BCUT2D eigenvalue weighted by Crippen LogP contribution is -2.16. The van der Waals surface area contributed by atoms with Crippen LogP contribution in [0.3, 0.4) is 0 Å². The Kier molecular flexibility index (Phi) is 3.46. The number of halogens is 1. The van der Waals surface area contributed by atoms with Crippen molar-refractivity contribution in [2.24, 2.45) is 7.05 Å². The average molecular weight is 246 g/mol. The summed E-state index contributed by atoms with van der Waals surface area (Å²) < 4.78 is 15.1. The number of nitrogens with one attached hydrogen (secondary N) is 1. The van der Waals surface area contributed by atoms with E-state index in [4.69, 9.17) is 0 Å². The van der Waals surface area contributed by atoms with Crippen LogP contribution in [0.15, 0.2) is 47.4 Å². The van der Waals surface area contributed by atoms with Crippen LogP contribution in [0.5, 0.6) is 0 Å². The topological polar surface area (TPSA) is 34.0 Å². The van der Waals surface area contributed by atoms with Crippen molar-refractivity contribution < 1.29 is 4.39 Å². The predicted molar refractivity (Wildman–Crippen MR) is 70.1 cm³/mol. The van der Waals surface area contributed by atoms with Crippen LogP contribution in [0.2, 0.25) is 0 Å². The van der Waals surface area contributed by atoms with Gasteiger partial charge in [-0.05, 0) is 19.1 Å². The second kappa shape index (κ2) is 5.04. The van der Waals surface area contributed by atoms with Gasteiger partial charge in [-0.2, -0.15) is 0 Å². The number of hydrogen-bond donors (Lipinski definition) is 1. The fraction of sp³-hybridized carbons (Fsp3) is 0.214. The molecule has 18 heavy (non-hydrogen) atoms. The maximum atomic E-state index is 13.6. The summed E-state index contributed by atoms with van der Waals surface area (Å²) in [4.78, 5) is 11.3. The van der Waals surface area contributed by atoms with Gasteiger partial charge in [-0.25, -0.2) is 4.39 Å². The second-order valence-electron chi connectivity index (χ2n) is 4.25. The normalized spacial score (nSPS) is 12.2. The standard InChI is InChI=1S/C14H15FN2O/c1-10(12-5-3-4-6-13(12)15)16-11-7-8-14(18)17(2)9-11/h3-10,16H,1-2H3. The number of nitrogens with zero attached hydrogens (tertiary/aromatic N) is 1. The van der Waals surface area contributed by atoms with E-state index in [1.807, 2.05) is 6.92 Å². The molecule has 4 heteroatoms. The first-order valence-electron chi connectivity index (χ1n) is 5.75. The molecular formula is C14H15FN2O. The van der Waals surface area contributed by atoms with E-state index in [1.54, 1.807) is 37.5 Å². The molecule has 1 aromatic carbocycles. The van der Waals surface area contributed by atoms with Crippen molar-refractivity contribution in [2.45, 2.75) is 13.0 Å². The fourth-order valence-electron chi connectivity index (χ4n) is 1.83. The number of anilines is 1. The summed E-state index contributed by atoms with van der Waals surface area (Å²) >= 11 is 0. The highest BCUT2D eigenvalue weighted by Crippen LogP contribution is 2.20. The Hall–Kier alpha value is -2.10. The average Bonchev–Trinajstić information content (AvgIpc) is 2.34. The third kappa shape index (κ3) is 2.59. The van der Waals surface area contributed by atoms with Crippen molar-refractivity contribution in [1.82, 2.24) is 4.57 Å². The van der Waals surface area contributed by atoms with Crippen LogP contribution in [0.1, 0.15) is 18.5 Å². The van der Waals surface area contributed by atoms with Crippen LogP contribution in [0.4, 0.5) is 10.1 Å². The van der Waals surface area contributed by atoms with Gasteiger partial charge in [0.15, 0.2) is 0 Å². The Labute approximate surface area is 105 Å². The third-order valence-electron chi connectivity index (χ3n) is 2.84. The Morgan fingerprint density at radius 3 is 2.61 bits per heavy atom. The maximum absolute atomic E-state index is 13.6. The molecule has 1 N–H and O–H groups in total. The minimum atomic E-state index is -0.234. The minimum absolute atomic E-state index is 0.0703. The molecule has 2 rings (SSSR count). The molecule has 1 aromatic heterocycles. The molecule has 2 aromatic rings. The van der Waals surface area contributed by atoms with Gasteiger partial charge >= 0.3 is 0 Å². The molecule has 1 atom stereocenters. The lowest BCUT2D eigenvalue weighted by molar-refractivity contribution is 0.600. The van der Waals surface area contributed by atoms with Crippen molar-refractivity contribution in [2.75, 3.05) is 5.32 Å². The maximum Gasteiger partial charge on any atom is 0.250 e. The molecule has 0 saturated carbocycles. The Morgan fingerprint density at radius 1 is 1.22 bits per heavy atom. The number of aromatic nitrogens is 1. The quantitative estimate of drug-likeness (QED) is 0.903. The highest BCUT2D eigenvalue weighted by atomic mass is 19.1. The predicted octanol–water partition coefficient (Wildman–Crippen LogP) is 2.70. The van der Waals surface area contributed by atoms with E-state index in [0.717, 1.165) is 5.69 Å². The smallest absolute Gasteiger partial charge is 0.250 e. The summed E-state index contributed by atoms with van der Waals surface area (Å²) in [7, 11) is 1.68. The minimum Gasteiger partial charge on any atom is -0.377 e. The lowest BCUT2D eigenvalue weighted by atomic mass is 10.1. The molecule has 0 aliphatic heterocycles. The third-order valence-corrected chi connectivity index (χ3v) is 2.84. The van der Waals surface area contributed by atoms with Crippen LogP contribution in [0, 0.1) is 5.82 Å². The second-order valence-corrected chi connectivity index (χ2v) is 4.25. The molecule has 1 heterocycles. The Morgan fingerprint density at radius 2 is 1.94 bits per heavy atom. The molecule has 94 valence electrons. The molecule has 3 nitrogen and oxygen atoms in total. The van der Waals surface area contributed by atoms with Gasteiger partial charge in [0.2, 0.25) is 5.56 Å². The number of pyridine rings is 1. The molecule has 0 amide bonds. The van der Waals surface area contributed by atoms with Gasteiger partial charge in [-0.1, -0.05) is 18.2 Å². The Balaban J connectivity index is 2.21. The first kappa shape index (κ1) is 12.4. The van der Waals surface area contributed by atoms with E-state index in [2.05, 4.69) is 5.32 Å². The number of benzene rings is 1. The van der Waals surface area contributed by atoms with Crippen LogP contribution in [-0.2, 0) is 7.05 Å². The highest BCUT2D eigenvalue weighted by molar-refractivity contribution is 5.43. The van der Waals surface area contributed by atoms with Crippen molar-refractivity contribution in [3.05, 3.63) is 64.3 Å². The van der Waals surface area contributed by atoms with E-state index in [-0.39, 0.29) is 17.4 Å². The van der Waals surface area contributed by atoms with Crippen LogP contribution < -0.4 is 10.9 Å². The summed E-state index contributed by atoms with van der Waals surface area (Å²) in [6.45, 7) is 1.88.